The number of aryl methyl sites for hydroxylation is 1. The number of rotatable bonds is 6. The van der Waals surface area contributed by atoms with Gasteiger partial charge in [0.25, 0.3) is 0 Å². The zero-order chi connectivity index (χ0) is 12.2. The molecule has 1 rings (SSSR count). The van der Waals surface area contributed by atoms with E-state index in [1.165, 1.54) is 17.1 Å². The Kier molecular flexibility index (Phi) is 4.45. The van der Waals surface area contributed by atoms with Gasteiger partial charge in [-0.1, -0.05) is 6.92 Å². The second-order valence-electron chi connectivity index (χ2n) is 3.86. The molecule has 0 radical (unpaired) electrons. The van der Waals surface area contributed by atoms with Crippen molar-refractivity contribution < 1.29 is 8.42 Å². The van der Waals surface area contributed by atoms with Gasteiger partial charge in [0.1, 0.15) is 4.90 Å². The van der Waals surface area contributed by atoms with Crippen LogP contribution < -0.4 is 10.0 Å². The van der Waals surface area contributed by atoms with Crippen LogP contribution in [0.15, 0.2) is 17.3 Å². The Labute approximate surface area is 96.1 Å². The van der Waals surface area contributed by atoms with E-state index in [-0.39, 0.29) is 10.8 Å². The molecular weight excluding hydrogens is 228 g/mol. The van der Waals surface area contributed by atoms with E-state index in [2.05, 4.69) is 15.1 Å². The van der Waals surface area contributed by atoms with Gasteiger partial charge >= 0.3 is 0 Å². The zero-order valence-electron chi connectivity index (χ0n) is 9.77. The van der Waals surface area contributed by atoms with E-state index in [0.29, 0.717) is 6.54 Å². The summed E-state index contributed by atoms with van der Waals surface area (Å²) in [4.78, 5) is 0.201. The van der Waals surface area contributed by atoms with Crippen LogP contribution in [0.3, 0.4) is 0 Å². The average molecular weight is 246 g/mol. The number of aromatic nitrogens is 2. The number of hydrogen-bond donors (Lipinski definition) is 2. The third kappa shape index (κ3) is 3.58. The van der Waals surface area contributed by atoms with Crippen LogP contribution in [0, 0.1) is 5.92 Å². The molecule has 0 saturated heterocycles. The molecule has 92 valence electrons. The van der Waals surface area contributed by atoms with E-state index in [1.54, 1.807) is 7.05 Å². The van der Waals surface area contributed by atoms with E-state index in [0.717, 1.165) is 6.54 Å². The van der Waals surface area contributed by atoms with Crippen molar-refractivity contribution in [3.8, 4) is 0 Å². The molecule has 7 heteroatoms. The molecule has 6 nitrogen and oxygen atoms in total. The largest absolute Gasteiger partial charge is 0.319 e. The van der Waals surface area contributed by atoms with Crippen molar-refractivity contribution in [1.82, 2.24) is 19.8 Å². The topological polar surface area (TPSA) is 76.0 Å². The third-order valence-electron chi connectivity index (χ3n) is 2.17. The lowest BCUT2D eigenvalue weighted by Gasteiger charge is -2.11. The van der Waals surface area contributed by atoms with Gasteiger partial charge in [0, 0.05) is 19.8 Å². The van der Waals surface area contributed by atoms with Crippen LogP contribution in [-0.2, 0) is 17.1 Å². The van der Waals surface area contributed by atoms with Crippen LogP contribution in [0.4, 0.5) is 0 Å². The van der Waals surface area contributed by atoms with Gasteiger partial charge in [-0.15, -0.1) is 0 Å². The first kappa shape index (κ1) is 13.1. The summed E-state index contributed by atoms with van der Waals surface area (Å²) in [6, 6.07) is 0. The highest BCUT2D eigenvalue weighted by atomic mass is 32.2. The van der Waals surface area contributed by atoms with Gasteiger partial charge in [0.05, 0.1) is 6.20 Å². The third-order valence-corrected chi connectivity index (χ3v) is 3.54. The van der Waals surface area contributed by atoms with Crippen LogP contribution in [0.25, 0.3) is 0 Å². The summed E-state index contributed by atoms with van der Waals surface area (Å²) < 4.78 is 27.6. The fourth-order valence-electron chi connectivity index (χ4n) is 1.29. The summed E-state index contributed by atoms with van der Waals surface area (Å²) in [6.45, 7) is 3.16. The molecule has 1 atom stereocenters. The predicted molar refractivity (Wildman–Crippen MR) is 61.5 cm³/mol. The molecule has 0 aliphatic rings. The maximum atomic E-state index is 11.8. The molecule has 0 bridgehead atoms. The molecule has 0 saturated carbocycles. The van der Waals surface area contributed by atoms with Gasteiger partial charge in [-0.2, -0.15) is 5.10 Å². The Hall–Kier alpha value is -0.920. The fourth-order valence-corrected chi connectivity index (χ4v) is 2.44. The molecular formula is C9H18N4O2S. The van der Waals surface area contributed by atoms with Crippen molar-refractivity contribution in [3.05, 3.63) is 12.4 Å². The van der Waals surface area contributed by atoms with E-state index in [1.807, 2.05) is 14.0 Å². The normalized spacial score (nSPS) is 13.9. The average Bonchev–Trinajstić information content (AvgIpc) is 2.63. The van der Waals surface area contributed by atoms with E-state index < -0.39 is 10.0 Å². The standard InChI is InChI=1S/C9H18N4O2S/c1-8(4-10-2)5-12-16(14,15)9-6-11-13(3)7-9/h6-8,10,12H,4-5H2,1-3H3. The summed E-state index contributed by atoms with van der Waals surface area (Å²) in [5.41, 5.74) is 0. The Morgan fingerprint density at radius 2 is 2.19 bits per heavy atom. The van der Waals surface area contributed by atoms with Crippen LogP contribution in [0.1, 0.15) is 6.92 Å². The lowest BCUT2D eigenvalue weighted by Crippen LogP contribution is -2.32. The summed E-state index contributed by atoms with van der Waals surface area (Å²) in [7, 11) is 0.109. The molecule has 2 N–H and O–H groups in total. The SMILES string of the molecule is CNCC(C)CNS(=O)(=O)c1cnn(C)c1. The molecule has 1 aromatic rings. The van der Waals surface area contributed by atoms with Gasteiger partial charge in [-0.05, 0) is 19.5 Å². The molecule has 1 heterocycles. The molecule has 0 spiro atoms. The minimum absolute atomic E-state index is 0.201. The Morgan fingerprint density at radius 3 is 2.69 bits per heavy atom. The van der Waals surface area contributed by atoms with Crippen molar-refractivity contribution in [2.45, 2.75) is 11.8 Å². The first-order valence-corrected chi connectivity index (χ1v) is 6.57. The zero-order valence-corrected chi connectivity index (χ0v) is 10.6. The second kappa shape index (κ2) is 5.42. The highest BCUT2D eigenvalue weighted by molar-refractivity contribution is 7.89. The molecule has 0 aromatic carbocycles. The maximum absolute atomic E-state index is 11.8. The number of nitrogens with one attached hydrogen (secondary N) is 2. The smallest absolute Gasteiger partial charge is 0.243 e. The Morgan fingerprint density at radius 1 is 1.50 bits per heavy atom. The quantitative estimate of drug-likeness (QED) is 0.713. The van der Waals surface area contributed by atoms with Gasteiger partial charge in [0.2, 0.25) is 10.0 Å². The van der Waals surface area contributed by atoms with Crippen molar-refractivity contribution in [3.63, 3.8) is 0 Å². The molecule has 1 aromatic heterocycles. The number of sulfonamides is 1. The minimum atomic E-state index is -3.41. The second-order valence-corrected chi connectivity index (χ2v) is 5.63. The summed E-state index contributed by atoms with van der Waals surface area (Å²) >= 11 is 0. The predicted octanol–water partition coefficient (Wildman–Crippen LogP) is -0.446. The van der Waals surface area contributed by atoms with E-state index in [9.17, 15) is 8.42 Å². The maximum Gasteiger partial charge on any atom is 0.243 e. The summed E-state index contributed by atoms with van der Waals surface area (Å²) in [5.74, 6) is 0.247. The highest BCUT2D eigenvalue weighted by Crippen LogP contribution is 2.06. The van der Waals surface area contributed by atoms with Crippen molar-refractivity contribution in [1.29, 1.82) is 0 Å². The molecule has 0 aliphatic carbocycles. The van der Waals surface area contributed by atoms with E-state index >= 15 is 0 Å². The Bertz CT molecular complexity index is 426. The van der Waals surface area contributed by atoms with Crippen LogP contribution in [-0.4, -0.2) is 38.3 Å². The first-order chi connectivity index (χ1) is 7.45. The summed E-state index contributed by atoms with van der Waals surface area (Å²) in [5, 5.41) is 6.83. The van der Waals surface area contributed by atoms with Crippen LogP contribution in [0.2, 0.25) is 0 Å². The summed E-state index contributed by atoms with van der Waals surface area (Å²) in [6.07, 6.45) is 2.82. The van der Waals surface area contributed by atoms with Crippen LogP contribution >= 0.6 is 0 Å². The Balaban J connectivity index is 2.59. The lowest BCUT2D eigenvalue weighted by molar-refractivity contribution is 0.519. The highest BCUT2D eigenvalue weighted by Gasteiger charge is 2.16. The molecule has 1 unspecified atom stereocenters. The monoisotopic (exact) mass is 246 g/mol. The van der Waals surface area contributed by atoms with Gasteiger partial charge < -0.3 is 5.32 Å². The number of nitrogens with zero attached hydrogens (tertiary/aromatic N) is 2. The van der Waals surface area contributed by atoms with E-state index in [4.69, 9.17) is 0 Å². The van der Waals surface area contributed by atoms with Gasteiger partial charge in [-0.3, -0.25) is 4.68 Å². The van der Waals surface area contributed by atoms with Gasteiger partial charge in [0.15, 0.2) is 0 Å². The minimum Gasteiger partial charge on any atom is -0.319 e. The molecule has 0 amide bonds. The first-order valence-electron chi connectivity index (χ1n) is 5.08. The van der Waals surface area contributed by atoms with Crippen LogP contribution in [0.5, 0.6) is 0 Å². The van der Waals surface area contributed by atoms with Gasteiger partial charge in [-0.25, -0.2) is 13.1 Å². The molecule has 16 heavy (non-hydrogen) atoms. The van der Waals surface area contributed by atoms with Crippen molar-refractivity contribution >= 4 is 10.0 Å². The fraction of sp³-hybridized carbons (Fsp3) is 0.667. The number of hydrogen-bond acceptors (Lipinski definition) is 4. The van der Waals surface area contributed by atoms with Crippen molar-refractivity contribution in [2.75, 3.05) is 20.1 Å². The lowest BCUT2D eigenvalue weighted by atomic mass is 10.2. The molecule has 0 fully saturated rings. The molecule has 0 aliphatic heterocycles. The van der Waals surface area contributed by atoms with Crippen molar-refractivity contribution in [2.24, 2.45) is 13.0 Å².